The van der Waals surface area contributed by atoms with Gasteiger partial charge in [-0.1, -0.05) is 30.3 Å². The Morgan fingerprint density at radius 1 is 0.867 bits per heavy atom. The lowest BCUT2D eigenvalue weighted by atomic mass is 9.99. The van der Waals surface area contributed by atoms with Gasteiger partial charge in [-0.3, -0.25) is 4.79 Å². The molecule has 1 aliphatic carbocycles. The second kappa shape index (κ2) is 7.71. The lowest BCUT2D eigenvalue weighted by Gasteiger charge is -2.37. The molecule has 6 heteroatoms. The van der Waals surface area contributed by atoms with Crippen LogP contribution in [-0.4, -0.2) is 34.0 Å². The molecule has 1 aromatic heterocycles. The van der Waals surface area contributed by atoms with Crippen molar-refractivity contribution in [1.29, 1.82) is 0 Å². The Bertz CT molecular complexity index is 1050. The van der Waals surface area contributed by atoms with Gasteiger partial charge >= 0.3 is 6.03 Å². The molecule has 0 radical (unpaired) electrons. The van der Waals surface area contributed by atoms with E-state index in [1.807, 2.05) is 29.2 Å². The van der Waals surface area contributed by atoms with Gasteiger partial charge in [-0.25, -0.2) is 4.79 Å². The zero-order chi connectivity index (χ0) is 20.5. The van der Waals surface area contributed by atoms with Gasteiger partial charge in [0.25, 0.3) is 5.91 Å². The Labute approximate surface area is 175 Å². The molecule has 2 heterocycles. The molecule has 1 atom stereocenters. The van der Waals surface area contributed by atoms with Crippen molar-refractivity contribution in [2.45, 2.75) is 31.5 Å². The molecule has 2 aromatic carbocycles. The van der Waals surface area contributed by atoms with E-state index in [1.54, 1.807) is 24.3 Å². The van der Waals surface area contributed by atoms with Gasteiger partial charge in [0.2, 0.25) is 0 Å². The van der Waals surface area contributed by atoms with E-state index < -0.39 is 0 Å². The van der Waals surface area contributed by atoms with E-state index in [1.165, 1.54) is 0 Å². The van der Waals surface area contributed by atoms with Crippen molar-refractivity contribution in [2.75, 3.05) is 11.9 Å². The second-order valence-electron chi connectivity index (χ2n) is 7.89. The summed E-state index contributed by atoms with van der Waals surface area (Å²) in [6.07, 6.45) is 4.16. The van der Waals surface area contributed by atoms with Crippen LogP contribution in [0.1, 0.15) is 40.5 Å². The van der Waals surface area contributed by atoms with E-state index in [0.717, 1.165) is 30.6 Å². The fraction of sp³-hybridized carbons (Fsp3) is 0.250. The van der Waals surface area contributed by atoms with Gasteiger partial charge in [-0.05, 0) is 54.8 Å². The number of urea groups is 1. The fourth-order valence-corrected chi connectivity index (χ4v) is 4.03. The maximum Gasteiger partial charge on any atom is 0.319 e. The molecule has 3 amide bonds. The van der Waals surface area contributed by atoms with Gasteiger partial charge in [0.15, 0.2) is 0 Å². The molecule has 3 aromatic rings. The predicted molar refractivity (Wildman–Crippen MR) is 115 cm³/mol. The highest BCUT2D eigenvalue weighted by molar-refractivity contribution is 5.96. The van der Waals surface area contributed by atoms with E-state index in [2.05, 4.69) is 39.6 Å². The maximum absolute atomic E-state index is 13.4. The van der Waals surface area contributed by atoms with Crippen molar-refractivity contribution < 1.29 is 9.59 Å². The van der Waals surface area contributed by atoms with E-state index in [0.29, 0.717) is 23.8 Å². The number of nitrogens with one attached hydrogen (secondary N) is 2. The number of anilines is 1. The Morgan fingerprint density at radius 2 is 1.63 bits per heavy atom. The molecule has 30 heavy (non-hydrogen) atoms. The van der Waals surface area contributed by atoms with Crippen molar-refractivity contribution in [1.82, 2.24) is 14.8 Å². The summed E-state index contributed by atoms with van der Waals surface area (Å²) in [5.41, 5.74) is 3.51. The lowest BCUT2D eigenvalue weighted by Crippen LogP contribution is -2.42. The topological polar surface area (TPSA) is 66.4 Å². The highest BCUT2D eigenvalue weighted by Gasteiger charge is 2.32. The maximum atomic E-state index is 13.4. The van der Waals surface area contributed by atoms with E-state index in [9.17, 15) is 9.59 Å². The van der Waals surface area contributed by atoms with Crippen LogP contribution in [0.2, 0.25) is 0 Å². The van der Waals surface area contributed by atoms with Crippen molar-refractivity contribution in [3.63, 3.8) is 0 Å². The molecule has 5 rings (SSSR count). The molecule has 0 bridgehead atoms. The largest absolute Gasteiger partial charge is 0.348 e. The molecule has 152 valence electrons. The SMILES string of the molecule is O=C(Nc1ccc(C(=O)N2CCn3cccc3C2c2ccccc2)cc1)NC1CC1. The third kappa shape index (κ3) is 3.68. The molecular weight excluding hydrogens is 376 g/mol. The smallest absolute Gasteiger partial charge is 0.319 e. The van der Waals surface area contributed by atoms with Gasteiger partial charge in [0.1, 0.15) is 0 Å². The summed E-state index contributed by atoms with van der Waals surface area (Å²) in [5.74, 6) is -0.00900. The van der Waals surface area contributed by atoms with Crippen LogP contribution in [0.3, 0.4) is 0 Å². The third-order valence-corrected chi connectivity index (χ3v) is 5.72. The number of nitrogens with zero attached hydrogens (tertiary/aromatic N) is 2. The van der Waals surface area contributed by atoms with E-state index in [-0.39, 0.29) is 18.0 Å². The van der Waals surface area contributed by atoms with E-state index >= 15 is 0 Å². The Morgan fingerprint density at radius 3 is 2.37 bits per heavy atom. The number of hydrogen-bond donors (Lipinski definition) is 2. The zero-order valence-corrected chi connectivity index (χ0v) is 16.6. The van der Waals surface area contributed by atoms with Crippen LogP contribution in [-0.2, 0) is 6.54 Å². The minimum atomic E-state index is -0.197. The first-order valence-corrected chi connectivity index (χ1v) is 10.4. The number of aromatic nitrogens is 1. The number of rotatable bonds is 4. The van der Waals surface area contributed by atoms with Gasteiger partial charge in [0, 0.05) is 42.3 Å². The summed E-state index contributed by atoms with van der Waals surface area (Å²) in [5, 5.41) is 5.72. The van der Waals surface area contributed by atoms with Gasteiger partial charge in [0.05, 0.1) is 6.04 Å². The van der Waals surface area contributed by atoms with Crippen LogP contribution in [0.25, 0.3) is 0 Å². The molecule has 0 spiro atoms. The minimum absolute atomic E-state index is 0.00900. The van der Waals surface area contributed by atoms with Crippen LogP contribution in [0.4, 0.5) is 10.5 Å². The van der Waals surface area contributed by atoms with Crippen molar-refractivity contribution in [2.24, 2.45) is 0 Å². The van der Waals surface area contributed by atoms with Crippen LogP contribution in [0, 0.1) is 0 Å². The first-order chi connectivity index (χ1) is 14.7. The van der Waals surface area contributed by atoms with Crippen LogP contribution >= 0.6 is 0 Å². The zero-order valence-electron chi connectivity index (χ0n) is 16.6. The number of carbonyl (C=O) groups is 2. The summed E-state index contributed by atoms with van der Waals surface area (Å²) in [4.78, 5) is 27.3. The lowest BCUT2D eigenvalue weighted by molar-refractivity contribution is 0.0664. The predicted octanol–water partition coefficient (Wildman–Crippen LogP) is 4.02. The van der Waals surface area contributed by atoms with Crippen LogP contribution in [0.5, 0.6) is 0 Å². The fourth-order valence-electron chi connectivity index (χ4n) is 4.03. The Kier molecular flexibility index (Phi) is 4.75. The average molecular weight is 400 g/mol. The molecule has 2 aliphatic rings. The highest BCUT2D eigenvalue weighted by Crippen LogP contribution is 2.33. The molecular formula is C24H24N4O2. The number of hydrogen-bond acceptors (Lipinski definition) is 2. The Hall–Kier alpha value is -3.54. The third-order valence-electron chi connectivity index (χ3n) is 5.72. The van der Waals surface area contributed by atoms with E-state index in [4.69, 9.17) is 0 Å². The monoisotopic (exact) mass is 400 g/mol. The summed E-state index contributed by atoms with van der Waals surface area (Å²) >= 11 is 0. The minimum Gasteiger partial charge on any atom is -0.348 e. The molecule has 1 fully saturated rings. The summed E-state index contributed by atoms with van der Waals surface area (Å²) in [7, 11) is 0. The van der Waals surface area contributed by atoms with Gasteiger partial charge in [-0.15, -0.1) is 0 Å². The number of fused-ring (bicyclic) bond motifs is 1. The van der Waals surface area contributed by atoms with Gasteiger partial charge < -0.3 is 20.1 Å². The molecule has 2 N–H and O–H groups in total. The number of amides is 3. The molecule has 1 unspecified atom stereocenters. The molecule has 0 saturated heterocycles. The van der Waals surface area contributed by atoms with Crippen LogP contribution in [0.15, 0.2) is 72.9 Å². The molecule has 6 nitrogen and oxygen atoms in total. The van der Waals surface area contributed by atoms with Crippen LogP contribution < -0.4 is 10.6 Å². The average Bonchev–Trinajstić information content (AvgIpc) is 3.45. The first-order valence-electron chi connectivity index (χ1n) is 10.4. The van der Waals surface area contributed by atoms with Gasteiger partial charge in [-0.2, -0.15) is 0 Å². The number of carbonyl (C=O) groups excluding carboxylic acids is 2. The summed E-state index contributed by atoms with van der Waals surface area (Å²) in [6, 6.07) is 21.4. The quantitative estimate of drug-likeness (QED) is 0.695. The molecule has 1 aliphatic heterocycles. The number of benzene rings is 2. The standard InChI is InChI=1S/C24H24N4O2/c29-23(18-8-10-19(11-9-18)25-24(30)26-20-12-13-20)28-16-15-27-14-4-7-21(27)22(28)17-5-2-1-3-6-17/h1-11,14,20,22H,12-13,15-16H2,(H2,25,26,30). The summed E-state index contributed by atoms with van der Waals surface area (Å²) < 4.78 is 2.22. The second-order valence-corrected chi connectivity index (χ2v) is 7.89. The summed E-state index contributed by atoms with van der Waals surface area (Å²) in [6.45, 7) is 1.42. The van der Waals surface area contributed by atoms with Crippen molar-refractivity contribution in [3.8, 4) is 0 Å². The Balaban J connectivity index is 1.37. The highest BCUT2D eigenvalue weighted by atomic mass is 16.2. The van der Waals surface area contributed by atoms with Crippen molar-refractivity contribution >= 4 is 17.6 Å². The normalized spacial score (nSPS) is 17.9. The van der Waals surface area contributed by atoms with Crippen molar-refractivity contribution in [3.05, 3.63) is 89.7 Å². The first kappa shape index (κ1) is 18.5. The molecule has 1 saturated carbocycles.